The summed E-state index contributed by atoms with van der Waals surface area (Å²) in [6, 6.07) is -0.286. The molecule has 3 fully saturated rings. The minimum atomic E-state index is -1.74. The normalized spacial score (nSPS) is 49.6. The van der Waals surface area contributed by atoms with Crippen LogP contribution < -0.4 is 0 Å². The number of methoxy groups -OCH3 is 1. The fourth-order valence-electron chi connectivity index (χ4n) is 9.24. The lowest BCUT2D eigenvalue weighted by molar-refractivity contribution is -0.306. The van der Waals surface area contributed by atoms with E-state index in [1.54, 1.807) is 21.0 Å². The van der Waals surface area contributed by atoms with Crippen molar-refractivity contribution in [2.24, 2.45) is 29.6 Å². The summed E-state index contributed by atoms with van der Waals surface area (Å²) in [6.45, 7) is 23.6. The third kappa shape index (κ3) is 10.1. The highest BCUT2D eigenvalue weighted by molar-refractivity contribution is 5.73. The monoisotopic (exact) mass is 745 g/mol. The van der Waals surface area contributed by atoms with Crippen LogP contribution in [0.2, 0.25) is 0 Å². The van der Waals surface area contributed by atoms with Gasteiger partial charge in [-0.05, 0) is 94.8 Å². The summed E-state index contributed by atoms with van der Waals surface area (Å²) in [5.41, 5.74) is -3.69. The van der Waals surface area contributed by atoms with Crippen molar-refractivity contribution in [1.82, 2.24) is 9.80 Å². The molecule has 3 saturated heterocycles. The zero-order valence-electron chi connectivity index (χ0n) is 35.3. The van der Waals surface area contributed by atoms with Gasteiger partial charge in [0, 0.05) is 49.9 Å². The molecule has 12 nitrogen and oxygen atoms in total. The Morgan fingerprint density at radius 3 is 2.12 bits per heavy atom. The number of nitrogens with zero attached hydrogens (tertiary/aromatic N) is 2. The smallest absolute Gasteiger partial charge is 0.311 e. The largest absolute Gasteiger partial charge is 0.459 e. The van der Waals surface area contributed by atoms with Gasteiger partial charge in [-0.15, -0.1) is 0 Å². The molecule has 0 aromatic heterocycles. The molecule has 0 aliphatic carbocycles. The maximum absolute atomic E-state index is 14.3. The molecule has 18 atom stereocenters. The van der Waals surface area contributed by atoms with Crippen LogP contribution in [0.4, 0.5) is 0 Å². The Balaban J connectivity index is 2.17. The number of rotatable bonds is 7. The van der Waals surface area contributed by atoms with Crippen molar-refractivity contribution in [2.45, 2.75) is 187 Å². The van der Waals surface area contributed by atoms with Gasteiger partial charge in [0.05, 0.1) is 41.5 Å². The number of hydrogen-bond donors (Lipinski definition) is 3. The van der Waals surface area contributed by atoms with Gasteiger partial charge < -0.3 is 53.5 Å². The lowest BCUT2D eigenvalue weighted by Gasteiger charge is -2.49. The predicted octanol–water partition coefficient (Wildman–Crippen LogP) is 4.45. The number of hydrogen-bond acceptors (Lipinski definition) is 12. The first kappa shape index (κ1) is 45.5. The van der Waals surface area contributed by atoms with Gasteiger partial charge in [0.25, 0.3) is 0 Å². The van der Waals surface area contributed by atoms with E-state index < -0.39 is 77.6 Å². The van der Waals surface area contributed by atoms with Gasteiger partial charge >= 0.3 is 5.97 Å². The molecule has 0 bridgehead atoms. The SMILES string of the molecule is CC[C@H]1OC(=O)[C@H](C)[C@@H](O[C@H]2C[C@@](C)(OC)[C@@H](C)[C@H](C)O2)[C@H](C)C(O[C@@H]2O[C@H](C)C[C@H](N(C)C)[C@H]2C)[C@](C)(O)C[C@@H](C)CN(C)[C@H](C)[C@@H](O)[C@]1(C)O. The van der Waals surface area contributed by atoms with Crippen molar-refractivity contribution >= 4 is 5.97 Å². The Bertz CT molecular complexity index is 1140. The second-order valence-electron chi connectivity index (χ2n) is 17.9. The summed E-state index contributed by atoms with van der Waals surface area (Å²) in [4.78, 5) is 18.5. The van der Waals surface area contributed by atoms with Gasteiger partial charge in [0.2, 0.25) is 0 Å². The van der Waals surface area contributed by atoms with E-state index in [1.807, 2.05) is 53.5 Å². The zero-order valence-corrected chi connectivity index (χ0v) is 35.3. The molecule has 3 N–H and O–H groups in total. The zero-order chi connectivity index (χ0) is 39.7. The first-order valence-electron chi connectivity index (χ1n) is 19.8. The van der Waals surface area contributed by atoms with Crippen molar-refractivity contribution < 1.29 is 48.5 Å². The van der Waals surface area contributed by atoms with Gasteiger partial charge in [-0.1, -0.05) is 34.6 Å². The number of esters is 1. The summed E-state index contributed by atoms with van der Waals surface area (Å²) in [6.07, 6.45) is -3.63. The molecule has 0 aromatic carbocycles. The third-order valence-electron chi connectivity index (χ3n) is 13.2. The van der Waals surface area contributed by atoms with E-state index >= 15 is 0 Å². The summed E-state index contributed by atoms with van der Waals surface area (Å²) in [5.74, 6) is -2.03. The number of ether oxygens (including phenoxy) is 6. The van der Waals surface area contributed by atoms with Gasteiger partial charge in [0.15, 0.2) is 12.6 Å². The van der Waals surface area contributed by atoms with Gasteiger partial charge in [-0.25, -0.2) is 0 Å². The maximum atomic E-state index is 14.3. The summed E-state index contributed by atoms with van der Waals surface area (Å²) >= 11 is 0. The van der Waals surface area contributed by atoms with Crippen LogP contribution in [-0.4, -0.2) is 144 Å². The second kappa shape index (κ2) is 17.9. The Morgan fingerprint density at radius 2 is 1.56 bits per heavy atom. The van der Waals surface area contributed by atoms with Crippen LogP contribution in [0.3, 0.4) is 0 Å². The average Bonchev–Trinajstić information content (AvgIpc) is 3.05. The van der Waals surface area contributed by atoms with Crippen molar-refractivity contribution in [1.29, 1.82) is 0 Å². The van der Waals surface area contributed by atoms with Crippen LogP contribution in [0.5, 0.6) is 0 Å². The Morgan fingerprint density at radius 1 is 0.942 bits per heavy atom. The minimum Gasteiger partial charge on any atom is -0.459 e. The number of cyclic esters (lactones) is 1. The molecule has 52 heavy (non-hydrogen) atoms. The van der Waals surface area contributed by atoms with Crippen LogP contribution >= 0.6 is 0 Å². The Kier molecular flexibility index (Phi) is 15.6. The number of carbonyl (C=O) groups is 1. The molecule has 3 rings (SSSR count). The molecule has 0 spiro atoms. The second-order valence-corrected chi connectivity index (χ2v) is 17.9. The molecular weight excluding hydrogens is 668 g/mol. The lowest BCUT2D eigenvalue weighted by atomic mass is 9.77. The number of aliphatic hydroxyl groups excluding tert-OH is 1. The van der Waals surface area contributed by atoms with Gasteiger partial charge in [0.1, 0.15) is 17.8 Å². The highest BCUT2D eigenvalue weighted by Crippen LogP contribution is 2.42. The molecule has 0 saturated carbocycles. The first-order chi connectivity index (χ1) is 23.9. The van der Waals surface area contributed by atoms with Crippen LogP contribution in [0.25, 0.3) is 0 Å². The molecule has 12 heteroatoms. The standard InChI is InChI=1S/C40H76N2O10/c1-17-31-40(12,46)34(43)28(8)42(15)21-22(2)19-38(10,45)35(52-37-24(4)30(41(13)14)18-23(3)48-37)25(5)33(26(6)36(44)50-31)51-32-20-39(11,47-16)27(7)29(9)49-32/h22-35,37,43,45-46H,17-21H2,1-16H3/t22-,23-,24-,25+,26-,27+,28-,29+,30+,31-,32+,33+,34-,35?,37+,38-,39-,40-/m1/s1. The van der Waals surface area contributed by atoms with E-state index in [9.17, 15) is 20.1 Å². The lowest BCUT2D eigenvalue weighted by Crippen LogP contribution is -2.59. The predicted molar refractivity (Wildman–Crippen MR) is 200 cm³/mol. The highest BCUT2D eigenvalue weighted by Gasteiger charge is 2.52. The molecule has 3 heterocycles. The topological polar surface area (TPSA) is 140 Å². The van der Waals surface area contributed by atoms with E-state index in [0.717, 1.165) is 6.42 Å². The molecule has 306 valence electrons. The fraction of sp³-hybridized carbons (Fsp3) is 0.975. The van der Waals surface area contributed by atoms with Crippen molar-refractivity contribution in [3.63, 3.8) is 0 Å². The quantitative estimate of drug-likeness (QED) is 0.318. The van der Waals surface area contributed by atoms with Crippen molar-refractivity contribution in [3.8, 4) is 0 Å². The van der Waals surface area contributed by atoms with E-state index in [2.05, 4.69) is 39.8 Å². The highest BCUT2D eigenvalue weighted by atomic mass is 16.7. The van der Waals surface area contributed by atoms with E-state index in [0.29, 0.717) is 19.4 Å². The Labute approximate surface area is 315 Å². The van der Waals surface area contributed by atoms with Crippen LogP contribution in [0.1, 0.15) is 109 Å². The summed E-state index contributed by atoms with van der Waals surface area (Å²) in [5, 5.41) is 35.9. The molecule has 3 aliphatic heterocycles. The molecule has 0 aromatic rings. The van der Waals surface area contributed by atoms with Crippen molar-refractivity contribution in [2.75, 3.05) is 34.8 Å². The van der Waals surface area contributed by atoms with E-state index in [1.165, 1.54) is 6.92 Å². The summed E-state index contributed by atoms with van der Waals surface area (Å²) < 4.78 is 38.9. The summed E-state index contributed by atoms with van der Waals surface area (Å²) in [7, 11) is 7.71. The number of aliphatic hydroxyl groups is 3. The maximum Gasteiger partial charge on any atom is 0.311 e. The van der Waals surface area contributed by atoms with Crippen LogP contribution in [0, 0.1) is 29.6 Å². The Hall–Kier alpha value is -0.930. The van der Waals surface area contributed by atoms with E-state index in [4.69, 9.17) is 28.4 Å². The third-order valence-corrected chi connectivity index (χ3v) is 13.2. The van der Waals surface area contributed by atoms with Crippen molar-refractivity contribution in [3.05, 3.63) is 0 Å². The van der Waals surface area contributed by atoms with Crippen LogP contribution in [-0.2, 0) is 33.2 Å². The molecule has 0 radical (unpaired) electrons. The molecule has 1 unspecified atom stereocenters. The average molecular weight is 745 g/mol. The number of likely N-dealkylation sites (N-methyl/N-ethyl adjacent to an activating group) is 1. The fourth-order valence-corrected chi connectivity index (χ4v) is 9.24. The molecule has 3 aliphatic rings. The number of carbonyl (C=O) groups excluding carboxylic acids is 1. The van der Waals surface area contributed by atoms with Gasteiger partial charge in [-0.3, -0.25) is 4.79 Å². The first-order valence-corrected chi connectivity index (χ1v) is 19.8. The minimum absolute atomic E-state index is 0.0163. The molecule has 0 amide bonds. The van der Waals surface area contributed by atoms with Gasteiger partial charge in [-0.2, -0.15) is 0 Å². The van der Waals surface area contributed by atoms with E-state index in [-0.39, 0.29) is 42.4 Å². The van der Waals surface area contributed by atoms with Crippen LogP contribution in [0.15, 0.2) is 0 Å². The molecular formula is C40H76N2O10.